The van der Waals surface area contributed by atoms with Crippen LogP contribution in [-0.2, 0) is 0 Å². The molecule has 3 N–H and O–H groups in total. The minimum Gasteiger partial charge on any atom is -0.493 e. The van der Waals surface area contributed by atoms with Gasteiger partial charge in [-0.15, -0.1) is 10.2 Å². The third-order valence-electron chi connectivity index (χ3n) is 3.99. The molecule has 0 aliphatic rings. The molecule has 0 unspecified atom stereocenters. The first-order valence-electron chi connectivity index (χ1n) is 7.56. The first-order chi connectivity index (χ1) is 11.5. The number of aromatic nitrogens is 1. The van der Waals surface area contributed by atoms with Gasteiger partial charge < -0.3 is 15.4 Å². The molecule has 0 saturated carbocycles. The monoisotopic (exact) mass is 338 g/mol. The first-order valence-corrected chi connectivity index (χ1v) is 7.97. The molecule has 0 fully saturated rings. The number of hydrogen-bond donors (Lipinski definition) is 3. The SMILES string of the molecule is Cc1ccc2[nH]c(O)c(N=NC(=S)Nc3cccc(C)c3C)c2c1. The molecule has 3 rings (SSSR count). The summed E-state index contributed by atoms with van der Waals surface area (Å²) in [6, 6.07) is 11.7. The molecule has 1 heterocycles. The van der Waals surface area contributed by atoms with Crippen LogP contribution in [0.25, 0.3) is 10.9 Å². The highest BCUT2D eigenvalue weighted by Crippen LogP contribution is 2.35. The third-order valence-corrected chi connectivity index (χ3v) is 4.18. The second-order valence-corrected chi connectivity index (χ2v) is 6.14. The van der Waals surface area contributed by atoms with Crippen LogP contribution < -0.4 is 5.32 Å². The number of benzene rings is 2. The lowest BCUT2D eigenvalue weighted by Gasteiger charge is -2.09. The minimum atomic E-state index is -0.0195. The molecule has 0 spiro atoms. The summed E-state index contributed by atoms with van der Waals surface area (Å²) >= 11 is 5.24. The maximum atomic E-state index is 10.0. The summed E-state index contributed by atoms with van der Waals surface area (Å²) < 4.78 is 0. The maximum Gasteiger partial charge on any atom is 0.218 e. The Morgan fingerprint density at radius 3 is 2.75 bits per heavy atom. The van der Waals surface area contributed by atoms with Crippen LogP contribution in [0.5, 0.6) is 5.88 Å². The molecule has 0 saturated heterocycles. The van der Waals surface area contributed by atoms with E-state index < -0.39 is 0 Å². The summed E-state index contributed by atoms with van der Waals surface area (Å²) in [4.78, 5) is 2.88. The van der Waals surface area contributed by atoms with Crippen molar-refractivity contribution in [3.05, 3.63) is 53.1 Å². The highest BCUT2D eigenvalue weighted by Gasteiger charge is 2.11. The number of aromatic hydroxyl groups is 1. The first kappa shape index (κ1) is 16.1. The topological polar surface area (TPSA) is 72.8 Å². The standard InChI is InChI=1S/C18H18N4OS/c1-10-7-8-15-13(9-10)16(17(23)19-15)21-22-18(24)20-14-6-4-5-11(2)12(14)3/h4-9,19,23H,1-3H3,(H,20,24). The van der Waals surface area contributed by atoms with Gasteiger partial charge in [0.15, 0.2) is 5.69 Å². The lowest BCUT2D eigenvalue weighted by molar-refractivity contribution is 0.459. The van der Waals surface area contributed by atoms with Gasteiger partial charge >= 0.3 is 0 Å². The molecule has 0 amide bonds. The lowest BCUT2D eigenvalue weighted by atomic mass is 10.1. The molecule has 24 heavy (non-hydrogen) atoms. The normalized spacial score (nSPS) is 11.3. The zero-order chi connectivity index (χ0) is 17.3. The number of aromatic amines is 1. The Kier molecular flexibility index (Phi) is 4.31. The van der Waals surface area contributed by atoms with Crippen LogP contribution in [0.2, 0.25) is 0 Å². The average Bonchev–Trinajstić information content (AvgIpc) is 2.84. The van der Waals surface area contributed by atoms with E-state index in [2.05, 4.69) is 20.5 Å². The minimum absolute atomic E-state index is 0.0195. The largest absolute Gasteiger partial charge is 0.493 e. The number of nitrogens with zero attached hydrogens (tertiary/aromatic N) is 2. The highest BCUT2D eigenvalue weighted by atomic mass is 32.1. The number of fused-ring (bicyclic) bond motifs is 1. The van der Waals surface area contributed by atoms with Crippen molar-refractivity contribution in [3.63, 3.8) is 0 Å². The molecule has 0 radical (unpaired) electrons. The van der Waals surface area contributed by atoms with Crippen molar-refractivity contribution >= 4 is 39.6 Å². The van der Waals surface area contributed by atoms with Crippen molar-refractivity contribution in [1.82, 2.24) is 4.98 Å². The van der Waals surface area contributed by atoms with E-state index in [1.54, 1.807) is 0 Å². The Labute approximate surface area is 145 Å². The lowest BCUT2D eigenvalue weighted by Crippen LogP contribution is -2.06. The van der Waals surface area contributed by atoms with Crippen LogP contribution in [0.3, 0.4) is 0 Å². The van der Waals surface area contributed by atoms with Crippen molar-refractivity contribution in [2.24, 2.45) is 10.2 Å². The summed E-state index contributed by atoms with van der Waals surface area (Å²) in [5.74, 6) is -0.0195. The number of nitrogens with one attached hydrogen (secondary N) is 2. The van der Waals surface area contributed by atoms with Crippen LogP contribution in [-0.4, -0.2) is 15.2 Å². The van der Waals surface area contributed by atoms with Crippen LogP contribution in [0, 0.1) is 20.8 Å². The van der Waals surface area contributed by atoms with Crippen LogP contribution in [0.4, 0.5) is 11.4 Å². The zero-order valence-electron chi connectivity index (χ0n) is 13.7. The van der Waals surface area contributed by atoms with Gasteiger partial charge in [0.05, 0.1) is 5.52 Å². The van der Waals surface area contributed by atoms with Gasteiger partial charge in [0.1, 0.15) is 0 Å². The van der Waals surface area contributed by atoms with Crippen LogP contribution in [0.15, 0.2) is 46.6 Å². The average molecular weight is 338 g/mol. The van der Waals surface area contributed by atoms with Gasteiger partial charge in [-0.1, -0.05) is 23.8 Å². The molecule has 6 heteroatoms. The number of thiocarbonyl (C=S) groups is 1. The van der Waals surface area contributed by atoms with Gasteiger partial charge in [0.25, 0.3) is 0 Å². The maximum absolute atomic E-state index is 10.0. The number of H-pyrrole nitrogens is 1. The molecular formula is C18H18N4OS. The van der Waals surface area contributed by atoms with E-state index in [4.69, 9.17) is 12.2 Å². The molecule has 3 aromatic rings. The van der Waals surface area contributed by atoms with Gasteiger partial charge in [0.2, 0.25) is 11.0 Å². The van der Waals surface area contributed by atoms with E-state index in [-0.39, 0.29) is 11.0 Å². The van der Waals surface area contributed by atoms with Gasteiger partial charge in [-0.3, -0.25) is 0 Å². The van der Waals surface area contributed by atoms with Crippen molar-refractivity contribution in [3.8, 4) is 5.88 Å². The number of aryl methyl sites for hydroxylation is 2. The predicted molar refractivity (Wildman–Crippen MR) is 101 cm³/mol. The Balaban J connectivity index is 1.85. The Morgan fingerprint density at radius 1 is 1.17 bits per heavy atom. The van der Waals surface area contributed by atoms with Crippen molar-refractivity contribution in [1.29, 1.82) is 0 Å². The van der Waals surface area contributed by atoms with E-state index in [1.165, 1.54) is 5.56 Å². The number of rotatable bonds is 2. The van der Waals surface area contributed by atoms with Gasteiger partial charge in [-0.05, 0) is 62.3 Å². The number of anilines is 1. The van der Waals surface area contributed by atoms with E-state index >= 15 is 0 Å². The summed E-state index contributed by atoms with van der Waals surface area (Å²) in [5.41, 5.74) is 5.45. The Bertz CT molecular complexity index is 959. The third kappa shape index (κ3) is 3.14. The van der Waals surface area contributed by atoms with Gasteiger partial charge in [-0.2, -0.15) is 0 Å². The number of azo groups is 1. The van der Waals surface area contributed by atoms with Crippen molar-refractivity contribution < 1.29 is 5.11 Å². The van der Waals surface area contributed by atoms with Crippen LogP contribution in [0.1, 0.15) is 16.7 Å². The van der Waals surface area contributed by atoms with E-state index in [1.807, 2.05) is 57.2 Å². The smallest absolute Gasteiger partial charge is 0.218 e. The molecule has 0 bridgehead atoms. The molecule has 0 aliphatic heterocycles. The molecule has 5 nitrogen and oxygen atoms in total. The molecule has 2 aromatic carbocycles. The zero-order valence-corrected chi connectivity index (χ0v) is 14.5. The predicted octanol–water partition coefficient (Wildman–Crippen LogP) is 5.28. The highest BCUT2D eigenvalue weighted by molar-refractivity contribution is 7.80. The quantitative estimate of drug-likeness (QED) is 0.440. The number of hydrogen-bond acceptors (Lipinski definition) is 3. The van der Waals surface area contributed by atoms with Gasteiger partial charge in [-0.25, -0.2) is 0 Å². The summed E-state index contributed by atoms with van der Waals surface area (Å²) in [6.45, 7) is 6.04. The fourth-order valence-electron chi connectivity index (χ4n) is 2.50. The molecule has 0 atom stereocenters. The van der Waals surface area contributed by atoms with Crippen molar-refractivity contribution in [2.45, 2.75) is 20.8 Å². The molecular weight excluding hydrogens is 320 g/mol. The Morgan fingerprint density at radius 2 is 1.96 bits per heavy atom. The van der Waals surface area contributed by atoms with E-state index in [0.29, 0.717) is 5.69 Å². The fraction of sp³-hybridized carbons (Fsp3) is 0.167. The second kappa shape index (κ2) is 6.41. The Hall–Kier alpha value is -2.73. The van der Waals surface area contributed by atoms with E-state index in [9.17, 15) is 5.11 Å². The van der Waals surface area contributed by atoms with Crippen LogP contribution >= 0.6 is 12.2 Å². The summed E-state index contributed by atoms with van der Waals surface area (Å²) in [7, 11) is 0. The molecule has 1 aromatic heterocycles. The molecule has 0 aliphatic carbocycles. The van der Waals surface area contributed by atoms with Crippen molar-refractivity contribution in [2.75, 3.05) is 5.32 Å². The summed E-state index contributed by atoms with van der Waals surface area (Å²) in [6.07, 6.45) is 0. The van der Waals surface area contributed by atoms with E-state index in [0.717, 1.165) is 27.7 Å². The summed E-state index contributed by atoms with van der Waals surface area (Å²) in [5, 5.41) is 22.3. The second-order valence-electron chi connectivity index (χ2n) is 5.75. The molecule has 122 valence electrons. The fourth-order valence-corrected chi connectivity index (χ4v) is 2.65. The van der Waals surface area contributed by atoms with Gasteiger partial charge in [0, 0.05) is 11.1 Å².